The van der Waals surface area contributed by atoms with Crippen molar-refractivity contribution < 1.29 is 4.79 Å². The van der Waals surface area contributed by atoms with E-state index >= 15 is 0 Å². The monoisotopic (exact) mass is 240 g/mol. The van der Waals surface area contributed by atoms with E-state index in [-0.39, 0.29) is 11.7 Å². The molecule has 0 aliphatic carbocycles. The average molecular weight is 240 g/mol. The van der Waals surface area contributed by atoms with Crippen molar-refractivity contribution in [3.05, 3.63) is 0 Å². The zero-order valence-corrected chi connectivity index (χ0v) is 9.62. The van der Waals surface area contributed by atoms with Gasteiger partial charge in [-0.15, -0.1) is 10.2 Å². The van der Waals surface area contributed by atoms with Gasteiger partial charge in [-0.25, -0.2) is 0 Å². The van der Waals surface area contributed by atoms with Gasteiger partial charge < -0.3 is 11.1 Å². The molecular weight excluding hydrogens is 228 g/mol. The minimum atomic E-state index is -0.137. The van der Waals surface area contributed by atoms with Gasteiger partial charge in [0.05, 0.1) is 18.2 Å². The number of nitrogens with two attached hydrogens (primary N) is 1. The maximum atomic E-state index is 11.3. The maximum Gasteiger partial charge on any atom is 0.230 e. The Morgan fingerprint density at radius 1 is 1.69 bits per heavy atom. The number of nitrogens with one attached hydrogen (secondary N) is 1. The number of amides is 1. The lowest BCUT2D eigenvalue weighted by molar-refractivity contribution is -0.118. The van der Waals surface area contributed by atoms with Crippen LogP contribution in [0.3, 0.4) is 0 Å². The van der Waals surface area contributed by atoms with Crippen LogP contribution in [-0.2, 0) is 11.8 Å². The quantitative estimate of drug-likeness (QED) is 0.531. The van der Waals surface area contributed by atoms with E-state index in [2.05, 4.69) is 15.5 Å². The third-order valence-corrected chi connectivity index (χ3v) is 2.78. The van der Waals surface area contributed by atoms with Crippen LogP contribution in [0.25, 0.3) is 0 Å². The molecule has 0 radical (unpaired) electrons. The summed E-state index contributed by atoms with van der Waals surface area (Å²) in [7, 11) is 1.73. The van der Waals surface area contributed by atoms with Crippen LogP contribution >= 0.6 is 11.8 Å². The Bertz CT molecular complexity index is 409. The number of aromatic nitrogens is 3. The molecule has 0 spiro atoms. The Morgan fingerprint density at radius 2 is 2.44 bits per heavy atom. The summed E-state index contributed by atoms with van der Waals surface area (Å²) in [6.07, 6.45) is 0.313. The van der Waals surface area contributed by atoms with E-state index in [0.717, 1.165) is 0 Å². The molecule has 1 heterocycles. The number of nitrogen functional groups attached to an aromatic ring is 1. The lowest BCUT2D eigenvalue weighted by Crippen LogP contribution is -2.26. The minimum absolute atomic E-state index is 0.137. The van der Waals surface area contributed by atoms with Crippen molar-refractivity contribution in [3.63, 3.8) is 0 Å². The van der Waals surface area contributed by atoms with Crippen LogP contribution in [0.1, 0.15) is 6.42 Å². The van der Waals surface area contributed by atoms with E-state index in [9.17, 15) is 4.79 Å². The number of hydrogen-bond donors (Lipinski definition) is 2. The average Bonchev–Trinajstić information content (AvgIpc) is 2.58. The SMILES string of the molecule is Cn1c(N)nnc1SCC(=O)NCCC#N. The van der Waals surface area contributed by atoms with Gasteiger partial charge in [-0.2, -0.15) is 5.26 Å². The second kappa shape index (κ2) is 5.97. The molecular formula is C8H12N6OS. The number of carbonyl (C=O) groups is 1. The van der Waals surface area contributed by atoms with Crippen LogP contribution in [0.15, 0.2) is 5.16 Å². The lowest BCUT2D eigenvalue weighted by atomic mass is 10.4. The molecule has 0 aromatic carbocycles. The van der Waals surface area contributed by atoms with Crippen molar-refractivity contribution in [1.29, 1.82) is 5.26 Å². The summed E-state index contributed by atoms with van der Waals surface area (Å²) >= 11 is 1.25. The molecule has 1 aromatic heterocycles. The third kappa shape index (κ3) is 3.43. The molecule has 3 N–H and O–H groups in total. The Morgan fingerprint density at radius 3 is 3.00 bits per heavy atom. The summed E-state index contributed by atoms with van der Waals surface area (Å²) in [5.74, 6) is 0.409. The van der Waals surface area contributed by atoms with E-state index in [4.69, 9.17) is 11.0 Å². The fraction of sp³-hybridized carbons (Fsp3) is 0.500. The first-order chi connectivity index (χ1) is 7.65. The van der Waals surface area contributed by atoms with Crippen LogP contribution in [0.2, 0.25) is 0 Å². The summed E-state index contributed by atoms with van der Waals surface area (Å²) in [5.41, 5.74) is 5.48. The molecule has 0 saturated heterocycles. The van der Waals surface area contributed by atoms with Gasteiger partial charge in [0.1, 0.15) is 0 Å². The predicted molar refractivity (Wildman–Crippen MR) is 59.4 cm³/mol. The molecule has 0 aliphatic heterocycles. The molecule has 8 heteroatoms. The highest BCUT2D eigenvalue weighted by atomic mass is 32.2. The van der Waals surface area contributed by atoms with Gasteiger partial charge >= 0.3 is 0 Å². The van der Waals surface area contributed by atoms with E-state index < -0.39 is 0 Å². The number of thioether (sulfide) groups is 1. The fourth-order valence-corrected chi connectivity index (χ4v) is 1.64. The summed E-state index contributed by atoms with van der Waals surface area (Å²) in [6, 6.07) is 1.94. The van der Waals surface area contributed by atoms with E-state index in [1.807, 2.05) is 6.07 Å². The highest BCUT2D eigenvalue weighted by Gasteiger charge is 2.08. The maximum absolute atomic E-state index is 11.3. The van der Waals surface area contributed by atoms with Crippen molar-refractivity contribution in [1.82, 2.24) is 20.1 Å². The summed E-state index contributed by atoms with van der Waals surface area (Å²) in [4.78, 5) is 11.3. The predicted octanol–water partition coefficient (Wildman–Crippen LogP) is -0.481. The minimum Gasteiger partial charge on any atom is -0.368 e. The van der Waals surface area contributed by atoms with Crippen molar-refractivity contribution in [3.8, 4) is 6.07 Å². The van der Waals surface area contributed by atoms with E-state index in [1.54, 1.807) is 11.6 Å². The number of carbonyl (C=O) groups excluding carboxylic acids is 1. The van der Waals surface area contributed by atoms with Crippen LogP contribution in [0.4, 0.5) is 5.95 Å². The van der Waals surface area contributed by atoms with Crippen LogP contribution in [-0.4, -0.2) is 33.0 Å². The smallest absolute Gasteiger partial charge is 0.230 e. The Balaban J connectivity index is 2.32. The van der Waals surface area contributed by atoms with Gasteiger partial charge in [0, 0.05) is 13.6 Å². The van der Waals surface area contributed by atoms with E-state index in [1.165, 1.54) is 11.8 Å². The molecule has 86 valence electrons. The van der Waals surface area contributed by atoms with Gasteiger partial charge in [0.2, 0.25) is 11.9 Å². The second-order valence-electron chi connectivity index (χ2n) is 2.95. The third-order valence-electron chi connectivity index (χ3n) is 1.76. The number of nitrogens with zero attached hydrogens (tertiary/aromatic N) is 4. The largest absolute Gasteiger partial charge is 0.368 e. The molecule has 0 bridgehead atoms. The summed E-state index contributed by atoms with van der Waals surface area (Å²) in [5, 5.41) is 19.0. The molecule has 0 unspecified atom stereocenters. The molecule has 0 saturated carbocycles. The second-order valence-corrected chi connectivity index (χ2v) is 3.89. The molecule has 0 fully saturated rings. The number of rotatable bonds is 5. The van der Waals surface area contributed by atoms with Crippen molar-refractivity contribution >= 4 is 23.6 Å². The molecule has 16 heavy (non-hydrogen) atoms. The van der Waals surface area contributed by atoms with Crippen LogP contribution in [0, 0.1) is 11.3 Å². The van der Waals surface area contributed by atoms with Gasteiger partial charge in [-0.1, -0.05) is 11.8 Å². The lowest BCUT2D eigenvalue weighted by Gasteiger charge is -2.02. The zero-order chi connectivity index (χ0) is 12.0. The first-order valence-electron chi connectivity index (χ1n) is 4.56. The Labute approximate surface area is 97.0 Å². The molecule has 0 aliphatic rings. The van der Waals surface area contributed by atoms with E-state index in [0.29, 0.717) is 24.1 Å². The molecule has 7 nitrogen and oxygen atoms in total. The first-order valence-corrected chi connectivity index (χ1v) is 5.55. The van der Waals surface area contributed by atoms with Gasteiger partial charge in [0.25, 0.3) is 0 Å². The van der Waals surface area contributed by atoms with Gasteiger partial charge in [-0.3, -0.25) is 9.36 Å². The summed E-state index contributed by atoms with van der Waals surface area (Å²) < 4.78 is 1.60. The van der Waals surface area contributed by atoms with Crippen molar-refractivity contribution in [2.75, 3.05) is 18.0 Å². The molecule has 0 atom stereocenters. The van der Waals surface area contributed by atoms with Gasteiger partial charge in [-0.05, 0) is 0 Å². The van der Waals surface area contributed by atoms with Crippen molar-refractivity contribution in [2.24, 2.45) is 7.05 Å². The van der Waals surface area contributed by atoms with Gasteiger partial charge in [0.15, 0.2) is 5.16 Å². The zero-order valence-electron chi connectivity index (χ0n) is 8.80. The van der Waals surface area contributed by atoms with Crippen molar-refractivity contribution in [2.45, 2.75) is 11.6 Å². The number of nitriles is 1. The highest BCUT2D eigenvalue weighted by Crippen LogP contribution is 2.15. The highest BCUT2D eigenvalue weighted by molar-refractivity contribution is 7.99. The molecule has 1 aromatic rings. The van der Waals surface area contributed by atoms with Crippen LogP contribution in [0.5, 0.6) is 0 Å². The number of anilines is 1. The number of hydrogen-bond acceptors (Lipinski definition) is 6. The molecule has 1 amide bonds. The normalized spacial score (nSPS) is 9.75. The summed E-state index contributed by atoms with van der Waals surface area (Å²) in [6.45, 7) is 0.372. The topological polar surface area (TPSA) is 110 Å². The fourth-order valence-electron chi connectivity index (χ4n) is 0.891. The molecule has 1 rings (SSSR count). The Kier molecular flexibility index (Phi) is 4.60. The standard InChI is InChI=1S/C8H12N6OS/c1-14-7(10)12-13-8(14)16-5-6(15)11-4-2-3-9/h2,4-5H2,1H3,(H2,10,12)(H,11,15). The van der Waals surface area contributed by atoms with Crippen LogP contribution < -0.4 is 11.1 Å². The first kappa shape index (κ1) is 12.3. The Hall–Kier alpha value is -1.75.